The first-order valence-corrected chi connectivity index (χ1v) is 6.75. The lowest BCUT2D eigenvalue weighted by Crippen LogP contribution is -2.33. The summed E-state index contributed by atoms with van der Waals surface area (Å²) in [6.07, 6.45) is 0. The monoisotopic (exact) mass is 278 g/mol. The molecule has 0 radical (unpaired) electrons. The van der Waals surface area contributed by atoms with Crippen LogP contribution in [0.25, 0.3) is 0 Å². The Hall–Kier alpha value is -1.66. The number of hydrogen-bond donors (Lipinski definition) is 3. The SMILES string of the molecule is Cc1csc(NNC(=S)Nc2ccccc2C)n1. The molecule has 0 spiro atoms. The van der Waals surface area contributed by atoms with Crippen molar-refractivity contribution < 1.29 is 0 Å². The van der Waals surface area contributed by atoms with Gasteiger partial charge < -0.3 is 5.32 Å². The van der Waals surface area contributed by atoms with Gasteiger partial charge in [0.05, 0.1) is 5.69 Å². The quantitative estimate of drug-likeness (QED) is 0.595. The van der Waals surface area contributed by atoms with Gasteiger partial charge >= 0.3 is 0 Å². The number of para-hydroxylation sites is 1. The molecule has 4 nitrogen and oxygen atoms in total. The van der Waals surface area contributed by atoms with Crippen LogP contribution < -0.4 is 16.2 Å². The van der Waals surface area contributed by atoms with Gasteiger partial charge in [-0.3, -0.25) is 10.9 Å². The zero-order chi connectivity index (χ0) is 13.0. The molecule has 94 valence electrons. The molecule has 6 heteroatoms. The van der Waals surface area contributed by atoms with Crippen LogP contribution in [0.2, 0.25) is 0 Å². The molecular formula is C12H14N4S2. The first-order valence-electron chi connectivity index (χ1n) is 5.46. The Labute approximate surface area is 115 Å². The van der Waals surface area contributed by atoms with E-state index in [1.165, 1.54) is 11.3 Å². The molecule has 0 fully saturated rings. The fraction of sp³-hybridized carbons (Fsp3) is 0.167. The molecule has 1 aromatic carbocycles. The van der Waals surface area contributed by atoms with E-state index in [4.69, 9.17) is 12.2 Å². The molecule has 3 N–H and O–H groups in total. The van der Waals surface area contributed by atoms with Crippen LogP contribution >= 0.6 is 23.6 Å². The Morgan fingerprint density at radius 2 is 2.06 bits per heavy atom. The molecule has 0 aliphatic carbocycles. The molecule has 2 rings (SSSR count). The molecule has 0 amide bonds. The van der Waals surface area contributed by atoms with Gasteiger partial charge in [0.2, 0.25) is 5.13 Å². The van der Waals surface area contributed by atoms with E-state index in [0.29, 0.717) is 5.11 Å². The van der Waals surface area contributed by atoms with Crippen molar-refractivity contribution in [1.29, 1.82) is 0 Å². The number of anilines is 2. The largest absolute Gasteiger partial charge is 0.331 e. The second kappa shape index (κ2) is 5.79. The lowest BCUT2D eigenvalue weighted by molar-refractivity contribution is 1.11. The highest BCUT2D eigenvalue weighted by Crippen LogP contribution is 2.14. The molecule has 0 unspecified atom stereocenters. The summed E-state index contributed by atoms with van der Waals surface area (Å²) < 4.78 is 0. The lowest BCUT2D eigenvalue weighted by atomic mass is 10.2. The first-order chi connectivity index (χ1) is 8.65. The van der Waals surface area contributed by atoms with Crippen molar-refractivity contribution >= 4 is 39.5 Å². The number of benzene rings is 1. The third-order valence-electron chi connectivity index (χ3n) is 2.30. The number of nitrogens with zero attached hydrogens (tertiary/aromatic N) is 1. The number of nitrogens with one attached hydrogen (secondary N) is 3. The lowest BCUT2D eigenvalue weighted by Gasteiger charge is -2.12. The van der Waals surface area contributed by atoms with Gasteiger partial charge in [-0.1, -0.05) is 18.2 Å². The number of hydrazine groups is 1. The summed E-state index contributed by atoms with van der Waals surface area (Å²) in [6, 6.07) is 7.97. The Bertz CT molecular complexity index is 551. The normalized spacial score (nSPS) is 9.89. The number of thiazole rings is 1. The maximum atomic E-state index is 5.19. The summed E-state index contributed by atoms with van der Waals surface area (Å²) in [5, 5.41) is 6.40. The Morgan fingerprint density at radius 1 is 1.28 bits per heavy atom. The van der Waals surface area contributed by atoms with Gasteiger partial charge in [0.25, 0.3) is 0 Å². The zero-order valence-electron chi connectivity index (χ0n) is 10.2. The van der Waals surface area contributed by atoms with Crippen LogP contribution in [0.5, 0.6) is 0 Å². The maximum Gasteiger partial charge on any atom is 0.201 e. The van der Waals surface area contributed by atoms with Crippen LogP contribution in [0.1, 0.15) is 11.3 Å². The Balaban J connectivity index is 1.88. The molecule has 0 aliphatic rings. The first kappa shape index (κ1) is 12.8. The topological polar surface area (TPSA) is 49.0 Å². The second-order valence-electron chi connectivity index (χ2n) is 3.81. The highest BCUT2D eigenvalue weighted by Gasteiger charge is 2.01. The number of aryl methyl sites for hydroxylation is 2. The Morgan fingerprint density at radius 3 is 2.72 bits per heavy atom. The molecule has 18 heavy (non-hydrogen) atoms. The van der Waals surface area contributed by atoms with Gasteiger partial charge in [0, 0.05) is 11.1 Å². The predicted molar refractivity (Wildman–Crippen MR) is 81.0 cm³/mol. The number of hydrogen-bond acceptors (Lipinski definition) is 4. The van der Waals surface area contributed by atoms with Crippen molar-refractivity contribution in [3.63, 3.8) is 0 Å². The van der Waals surface area contributed by atoms with E-state index in [1.807, 2.05) is 43.5 Å². The van der Waals surface area contributed by atoms with Crippen LogP contribution in [-0.4, -0.2) is 10.1 Å². The van der Waals surface area contributed by atoms with Gasteiger partial charge in [-0.05, 0) is 37.7 Å². The molecule has 0 saturated heterocycles. The highest BCUT2D eigenvalue weighted by atomic mass is 32.1. The smallest absolute Gasteiger partial charge is 0.201 e. The summed E-state index contributed by atoms with van der Waals surface area (Å²) >= 11 is 6.72. The summed E-state index contributed by atoms with van der Waals surface area (Å²) in [6.45, 7) is 3.98. The van der Waals surface area contributed by atoms with Crippen LogP contribution in [0.15, 0.2) is 29.6 Å². The minimum absolute atomic E-state index is 0.511. The zero-order valence-corrected chi connectivity index (χ0v) is 11.8. The van der Waals surface area contributed by atoms with Crippen molar-refractivity contribution in [3.8, 4) is 0 Å². The predicted octanol–water partition coefficient (Wildman–Crippen LogP) is 3.07. The minimum Gasteiger partial charge on any atom is -0.331 e. The third kappa shape index (κ3) is 3.41. The molecular weight excluding hydrogens is 264 g/mol. The highest BCUT2D eigenvalue weighted by molar-refractivity contribution is 7.80. The molecule has 0 saturated carbocycles. The maximum absolute atomic E-state index is 5.19. The van der Waals surface area contributed by atoms with Crippen molar-refractivity contribution in [1.82, 2.24) is 10.4 Å². The fourth-order valence-corrected chi connectivity index (χ4v) is 2.19. The van der Waals surface area contributed by atoms with Crippen molar-refractivity contribution in [3.05, 3.63) is 40.9 Å². The van der Waals surface area contributed by atoms with Gasteiger partial charge in [-0.25, -0.2) is 4.98 Å². The van der Waals surface area contributed by atoms with E-state index >= 15 is 0 Å². The van der Waals surface area contributed by atoms with Crippen LogP contribution in [-0.2, 0) is 0 Å². The van der Waals surface area contributed by atoms with E-state index < -0.39 is 0 Å². The van der Waals surface area contributed by atoms with Crippen molar-refractivity contribution in [2.24, 2.45) is 0 Å². The standard InChI is InChI=1S/C12H14N4S2/c1-8-5-3-4-6-10(8)14-11(17)15-16-12-13-9(2)7-18-12/h3-7H,1-2H3,(H,13,16)(H2,14,15,17). The van der Waals surface area contributed by atoms with Crippen molar-refractivity contribution in [2.75, 3.05) is 10.7 Å². The minimum atomic E-state index is 0.511. The van der Waals surface area contributed by atoms with Gasteiger partial charge in [-0.15, -0.1) is 11.3 Å². The van der Waals surface area contributed by atoms with Crippen LogP contribution in [0, 0.1) is 13.8 Å². The van der Waals surface area contributed by atoms with E-state index in [9.17, 15) is 0 Å². The Kier molecular flexibility index (Phi) is 4.11. The molecule has 2 aromatic rings. The van der Waals surface area contributed by atoms with E-state index in [0.717, 1.165) is 22.1 Å². The van der Waals surface area contributed by atoms with Gasteiger partial charge in [-0.2, -0.15) is 0 Å². The average molecular weight is 278 g/mol. The molecule has 0 bridgehead atoms. The summed E-state index contributed by atoms with van der Waals surface area (Å²) in [7, 11) is 0. The van der Waals surface area contributed by atoms with Crippen LogP contribution in [0.3, 0.4) is 0 Å². The van der Waals surface area contributed by atoms with E-state index in [-0.39, 0.29) is 0 Å². The van der Waals surface area contributed by atoms with Crippen molar-refractivity contribution in [2.45, 2.75) is 13.8 Å². The number of rotatable bonds is 3. The van der Waals surface area contributed by atoms with E-state index in [2.05, 4.69) is 21.2 Å². The van der Waals surface area contributed by atoms with E-state index in [1.54, 1.807) is 0 Å². The third-order valence-corrected chi connectivity index (χ3v) is 3.37. The van der Waals surface area contributed by atoms with Gasteiger partial charge in [0.15, 0.2) is 5.11 Å². The number of aromatic nitrogens is 1. The van der Waals surface area contributed by atoms with Gasteiger partial charge in [0.1, 0.15) is 0 Å². The van der Waals surface area contributed by atoms with Crippen LogP contribution in [0.4, 0.5) is 10.8 Å². The second-order valence-corrected chi connectivity index (χ2v) is 5.08. The fourth-order valence-electron chi connectivity index (χ4n) is 1.39. The summed E-state index contributed by atoms with van der Waals surface area (Å²) in [4.78, 5) is 4.26. The summed E-state index contributed by atoms with van der Waals surface area (Å²) in [5.74, 6) is 0. The molecule has 1 heterocycles. The summed E-state index contributed by atoms with van der Waals surface area (Å²) in [5.41, 5.74) is 8.99. The average Bonchev–Trinajstić information content (AvgIpc) is 2.76. The molecule has 0 aliphatic heterocycles. The number of thiocarbonyl (C=S) groups is 1. The molecule has 0 atom stereocenters. The molecule has 1 aromatic heterocycles.